The zero-order valence-corrected chi connectivity index (χ0v) is 21.9. The number of amides is 2. The van der Waals surface area contributed by atoms with Crippen LogP contribution in [0.1, 0.15) is 29.0 Å². The van der Waals surface area contributed by atoms with Gasteiger partial charge < -0.3 is 29.9 Å². The zero-order valence-electron chi connectivity index (χ0n) is 21.9. The molecule has 2 heterocycles. The third-order valence-corrected chi connectivity index (χ3v) is 6.74. The summed E-state index contributed by atoms with van der Waals surface area (Å²) in [6.45, 7) is 4.15. The largest absolute Gasteiger partial charge is 0.446 e. The summed E-state index contributed by atoms with van der Waals surface area (Å²) in [5, 5.41) is 14.9. The maximum Gasteiger partial charge on any atom is 0.411 e. The molecule has 9 nitrogen and oxygen atoms in total. The van der Waals surface area contributed by atoms with E-state index in [0.29, 0.717) is 25.3 Å². The van der Waals surface area contributed by atoms with E-state index in [2.05, 4.69) is 20.5 Å². The zero-order chi connectivity index (χ0) is 26.7. The number of nitrogens with one attached hydrogen (secondary N) is 3. The van der Waals surface area contributed by atoms with Gasteiger partial charge in [0.2, 0.25) is 0 Å². The van der Waals surface area contributed by atoms with Crippen LogP contribution in [0.3, 0.4) is 0 Å². The molecular formula is C29H37N5O4. The van der Waals surface area contributed by atoms with Gasteiger partial charge in [0.05, 0.1) is 12.3 Å². The molecule has 4 N–H and O–H groups in total. The smallest absolute Gasteiger partial charge is 0.411 e. The Kier molecular flexibility index (Phi) is 9.91. The van der Waals surface area contributed by atoms with Crippen LogP contribution in [-0.4, -0.2) is 84.4 Å². The fourth-order valence-corrected chi connectivity index (χ4v) is 4.57. The second-order valence-electron chi connectivity index (χ2n) is 9.51. The Hall–Kier alpha value is -3.66. The van der Waals surface area contributed by atoms with Gasteiger partial charge in [-0.3, -0.25) is 10.1 Å². The predicted molar refractivity (Wildman–Crippen MR) is 148 cm³/mol. The van der Waals surface area contributed by atoms with Crippen molar-refractivity contribution in [2.45, 2.75) is 25.5 Å². The number of aromatic amines is 1. The highest BCUT2D eigenvalue weighted by Gasteiger charge is 2.23. The molecule has 0 atom stereocenters. The number of piperidine rings is 1. The van der Waals surface area contributed by atoms with Crippen molar-refractivity contribution >= 4 is 17.7 Å². The molecule has 1 aliphatic rings. The third kappa shape index (κ3) is 7.67. The first kappa shape index (κ1) is 27.4. The van der Waals surface area contributed by atoms with Crippen molar-refractivity contribution in [1.29, 1.82) is 0 Å². The van der Waals surface area contributed by atoms with Crippen molar-refractivity contribution in [3.05, 3.63) is 78.1 Å². The number of ether oxygens (including phenoxy) is 1. The molecule has 0 spiro atoms. The lowest BCUT2D eigenvalue weighted by Crippen LogP contribution is -2.42. The maximum absolute atomic E-state index is 12.7. The second-order valence-corrected chi connectivity index (χ2v) is 9.51. The third-order valence-electron chi connectivity index (χ3n) is 6.74. The van der Waals surface area contributed by atoms with Gasteiger partial charge in [-0.1, -0.05) is 48.5 Å². The van der Waals surface area contributed by atoms with Gasteiger partial charge in [-0.15, -0.1) is 0 Å². The lowest BCUT2D eigenvalue weighted by molar-refractivity contribution is 0.0539. The van der Waals surface area contributed by atoms with E-state index in [9.17, 15) is 9.59 Å². The normalized spacial score (nSPS) is 14.3. The summed E-state index contributed by atoms with van der Waals surface area (Å²) in [5.41, 5.74) is 4.17. The van der Waals surface area contributed by atoms with Crippen molar-refractivity contribution in [1.82, 2.24) is 20.1 Å². The molecule has 2 aromatic carbocycles. The average molecular weight is 520 g/mol. The van der Waals surface area contributed by atoms with E-state index >= 15 is 0 Å². The Morgan fingerprint density at radius 2 is 1.79 bits per heavy atom. The molecule has 202 valence electrons. The first-order valence-corrected chi connectivity index (χ1v) is 13.1. The van der Waals surface area contributed by atoms with Gasteiger partial charge in [0.25, 0.3) is 5.91 Å². The first-order valence-electron chi connectivity index (χ1n) is 13.1. The molecule has 3 aromatic rings. The lowest BCUT2D eigenvalue weighted by Gasteiger charge is -2.32. The monoisotopic (exact) mass is 519 g/mol. The minimum Gasteiger partial charge on any atom is -0.446 e. The number of aromatic nitrogens is 1. The summed E-state index contributed by atoms with van der Waals surface area (Å²) >= 11 is 0. The number of carbonyl (C=O) groups excluding carboxylic acids is 2. The lowest BCUT2D eigenvalue weighted by atomic mass is 10.0. The van der Waals surface area contributed by atoms with Crippen LogP contribution in [0.15, 0.2) is 66.7 Å². The van der Waals surface area contributed by atoms with Crippen molar-refractivity contribution in [2.75, 3.05) is 51.7 Å². The number of anilines is 1. The van der Waals surface area contributed by atoms with E-state index < -0.39 is 6.09 Å². The van der Waals surface area contributed by atoms with Gasteiger partial charge in [0, 0.05) is 57.6 Å². The number of hydrogen-bond acceptors (Lipinski definition) is 6. The molecule has 0 bridgehead atoms. The Bertz CT molecular complexity index is 1170. The predicted octanol–water partition coefficient (Wildman–Crippen LogP) is 3.55. The van der Waals surface area contributed by atoms with E-state index in [-0.39, 0.29) is 18.6 Å². The molecular weight excluding hydrogens is 482 g/mol. The molecule has 1 fully saturated rings. The van der Waals surface area contributed by atoms with E-state index in [4.69, 9.17) is 9.84 Å². The summed E-state index contributed by atoms with van der Waals surface area (Å²) in [7, 11) is 1.81. The fourth-order valence-electron chi connectivity index (χ4n) is 4.57. The highest BCUT2D eigenvalue weighted by Crippen LogP contribution is 2.28. The van der Waals surface area contributed by atoms with Crippen LogP contribution in [-0.2, 0) is 11.3 Å². The van der Waals surface area contributed by atoms with E-state index in [1.807, 2.05) is 60.7 Å². The fraction of sp³-hybridized carbons (Fsp3) is 0.379. The van der Waals surface area contributed by atoms with Crippen molar-refractivity contribution < 1.29 is 19.4 Å². The number of rotatable bonds is 11. The Labute approximate surface area is 223 Å². The molecule has 9 heteroatoms. The number of likely N-dealkylation sites (N-methyl/N-ethyl adjacent to an activating group) is 1. The van der Waals surface area contributed by atoms with Crippen LogP contribution in [0.5, 0.6) is 0 Å². The molecule has 4 rings (SSSR count). The van der Waals surface area contributed by atoms with Crippen LogP contribution in [0, 0.1) is 0 Å². The van der Waals surface area contributed by atoms with Crippen LogP contribution in [0.25, 0.3) is 11.1 Å². The van der Waals surface area contributed by atoms with E-state index in [1.54, 1.807) is 18.0 Å². The highest BCUT2D eigenvalue weighted by atomic mass is 16.6. The summed E-state index contributed by atoms with van der Waals surface area (Å²) in [5.74, 6) is -0.0518. The number of para-hydroxylation sites is 1. The average Bonchev–Trinajstić information content (AvgIpc) is 3.42. The minimum absolute atomic E-state index is 0.0518. The molecule has 1 aliphatic heterocycles. The molecule has 38 heavy (non-hydrogen) atoms. The molecule has 0 radical (unpaired) electrons. The topological polar surface area (TPSA) is 110 Å². The van der Waals surface area contributed by atoms with Crippen LogP contribution in [0.4, 0.5) is 10.5 Å². The summed E-state index contributed by atoms with van der Waals surface area (Å²) in [4.78, 5) is 32.5. The van der Waals surface area contributed by atoms with Crippen molar-refractivity contribution in [2.24, 2.45) is 0 Å². The number of aliphatic hydroxyl groups is 1. The number of nitrogens with zero attached hydrogens (tertiary/aromatic N) is 2. The molecule has 1 saturated heterocycles. The Morgan fingerprint density at radius 1 is 1.05 bits per heavy atom. The summed E-state index contributed by atoms with van der Waals surface area (Å²) in [6, 6.07) is 21.3. The van der Waals surface area contributed by atoms with Crippen molar-refractivity contribution in [3.8, 4) is 11.1 Å². The van der Waals surface area contributed by atoms with E-state index in [1.165, 1.54) is 0 Å². The highest BCUT2D eigenvalue weighted by molar-refractivity contribution is 5.92. The van der Waals surface area contributed by atoms with Gasteiger partial charge in [0.15, 0.2) is 0 Å². The molecule has 2 amide bonds. The number of hydrogen-bond donors (Lipinski definition) is 4. The Balaban J connectivity index is 1.18. The quantitative estimate of drug-likeness (QED) is 0.289. The van der Waals surface area contributed by atoms with Gasteiger partial charge in [-0.05, 0) is 36.6 Å². The van der Waals surface area contributed by atoms with Gasteiger partial charge in [-0.2, -0.15) is 0 Å². The number of carbonyl (C=O) groups is 2. The van der Waals surface area contributed by atoms with Gasteiger partial charge in [-0.25, -0.2) is 4.79 Å². The number of aliphatic hydroxyl groups excluding tert-OH is 1. The summed E-state index contributed by atoms with van der Waals surface area (Å²) < 4.78 is 5.73. The number of benzene rings is 2. The summed E-state index contributed by atoms with van der Waals surface area (Å²) in [6.07, 6.45) is 0.943. The number of likely N-dealkylation sites (tertiary alicyclic amines) is 1. The standard InChI is InChI=1S/C29H37N5O4/c1-33(28(36)27-12-11-23(31-27)21-30-15-20-35)18-19-34-16-13-24(14-17-34)38-29(37)32-26-10-6-5-9-25(26)22-7-3-2-4-8-22/h2-12,24,30-31,35H,13-21H2,1H3,(H,32,37). The Morgan fingerprint density at radius 3 is 2.55 bits per heavy atom. The number of H-pyrrole nitrogens is 1. The van der Waals surface area contributed by atoms with Crippen LogP contribution < -0.4 is 10.6 Å². The van der Waals surface area contributed by atoms with Crippen LogP contribution >= 0.6 is 0 Å². The van der Waals surface area contributed by atoms with Gasteiger partial charge >= 0.3 is 6.09 Å². The molecule has 0 aliphatic carbocycles. The molecule has 0 saturated carbocycles. The van der Waals surface area contributed by atoms with Crippen molar-refractivity contribution in [3.63, 3.8) is 0 Å². The second kappa shape index (κ2) is 13.8. The van der Waals surface area contributed by atoms with E-state index in [0.717, 1.165) is 55.0 Å². The molecule has 0 unspecified atom stereocenters. The van der Waals surface area contributed by atoms with Crippen LogP contribution in [0.2, 0.25) is 0 Å². The minimum atomic E-state index is -0.436. The SMILES string of the molecule is CN(CCN1CCC(OC(=O)Nc2ccccc2-c2ccccc2)CC1)C(=O)c1ccc(CNCCO)[nH]1. The molecule has 1 aromatic heterocycles. The maximum atomic E-state index is 12.7. The first-order chi connectivity index (χ1) is 18.5. The van der Waals surface area contributed by atoms with Gasteiger partial charge in [0.1, 0.15) is 11.8 Å².